The number of aliphatic hydroxyl groups is 1. The van der Waals surface area contributed by atoms with Crippen molar-refractivity contribution >= 4 is 40.4 Å². The fraction of sp³-hybridized carbons (Fsp3) is 0.381. The summed E-state index contributed by atoms with van der Waals surface area (Å²) < 4.78 is 6.74. The zero-order valence-electron chi connectivity index (χ0n) is 17.7. The van der Waals surface area contributed by atoms with E-state index in [1.54, 1.807) is 19.2 Å². The summed E-state index contributed by atoms with van der Waals surface area (Å²) in [6.07, 6.45) is 2.50. The standard InChI is InChI=1S/C21H20ClN9O2/c1-33-17-10-30(9-16(17)32)15-5-11(6-23)4-14(18(15)22)27-21-28-19(26-12-2-3-12)20-25-8-13(7-24)31(20)29-21/h4-5,8,12,16-17,32H,2-3,9-10H2,1H3,(H2,26,27,28,29)/t16-,17-/m1/s1. The summed E-state index contributed by atoms with van der Waals surface area (Å²) in [5.41, 5.74) is 2.12. The first kappa shape index (κ1) is 21.2. The molecular formula is C21H20ClN9O2. The average Bonchev–Trinajstić information content (AvgIpc) is 3.40. The Balaban J connectivity index is 1.54. The Hall–Kier alpha value is -3.64. The van der Waals surface area contributed by atoms with Crippen LogP contribution >= 0.6 is 11.6 Å². The van der Waals surface area contributed by atoms with Crippen LogP contribution in [-0.2, 0) is 4.74 Å². The van der Waals surface area contributed by atoms with Crippen molar-refractivity contribution < 1.29 is 9.84 Å². The lowest BCUT2D eigenvalue weighted by Crippen LogP contribution is -2.25. The van der Waals surface area contributed by atoms with Crippen LogP contribution in [0.2, 0.25) is 5.02 Å². The first-order valence-electron chi connectivity index (χ1n) is 10.4. The molecule has 3 aromatic rings. The molecule has 2 aliphatic rings. The molecule has 11 nitrogen and oxygen atoms in total. The minimum absolute atomic E-state index is 0.194. The number of fused-ring (bicyclic) bond motifs is 1. The Morgan fingerprint density at radius 1 is 1.24 bits per heavy atom. The molecule has 0 spiro atoms. The van der Waals surface area contributed by atoms with Crippen LogP contribution in [-0.4, -0.2) is 63.1 Å². The first-order valence-corrected chi connectivity index (χ1v) is 10.8. The molecule has 3 N–H and O–H groups in total. The van der Waals surface area contributed by atoms with E-state index in [9.17, 15) is 15.6 Å². The molecule has 2 aromatic heterocycles. The van der Waals surface area contributed by atoms with Crippen LogP contribution in [0.3, 0.4) is 0 Å². The second-order valence-electron chi connectivity index (χ2n) is 8.03. The van der Waals surface area contributed by atoms with Crippen LogP contribution in [0.25, 0.3) is 5.65 Å². The third-order valence-electron chi connectivity index (χ3n) is 5.70. The minimum atomic E-state index is -0.666. The van der Waals surface area contributed by atoms with Crippen molar-refractivity contribution in [1.29, 1.82) is 10.5 Å². The lowest BCUT2D eigenvalue weighted by Gasteiger charge is -2.21. The molecule has 3 heterocycles. The predicted octanol–water partition coefficient (Wildman–Crippen LogP) is 2.03. The number of hydrogen-bond donors (Lipinski definition) is 3. The lowest BCUT2D eigenvalue weighted by atomic mass is 10.1. The number of imidazole rings is 1. The van der Waals surface area contributed by atoms with E-state index in [1.807, 2.05) is 4.90 Å². The third kappa shape index (κ3) is 3.98. The summed E-state index contributed by atoms with van der Waals surface area (Å²) in [5.74, 6) is 0.703. The van der Waals surface area contributed by atoms with Crippen LogP contribution in [0.5, 0.6) is 0 Å². The lowest BCUT2D eigenvalue weighted by molar-refractivity contribution is 0.0217. The van der Waals surface area contributed by atoms with E-state index in [-0.39, 0.29) is 17.7 Å². The van der Waals surface area contributed by atoms with Gasteiger partial charge in [0.15, 0.2) is 17.2 Å². The highest BCUT2D eigenvalue weighted by molar-refractivity contribution is 6.36. The second kappa shape index (κ2) is 8.37. The molecule has 1 aliphatic carbocycles. The molecule has 33 heavy (non-hydrogen) atoms. The number of aromatic nitrogens is 4. The van der Waals surface area contributed by atoms with E-state index < -0.39 is 6.10 Å². The number of benzene rings is 1. The molecule has 168 valence electrons. The van der Waals surface area contributed by atoms with Gasteiger partial charge in [-0.25, -0.2) is 4.98 Å². The van der Waals surface area contributed by atoms with Gasteiger partial charge in [0.2, 0.25) is 5.95 Å². The van der Waals surface area contributed by atoms with Crippen molar-refractivity contribution in [3.63, 3.8) is 0 Å². The minimum Gasteiger partial charge on any atom is -0.388 e. The van der Waals surface area contributed by atoms with E-state index in [0.717, 1.165) is 12.8 Å². The molecule has 0 amide bonds. The highest BCUT2D eigenvalue weighted by atomic mass is 35.5. The van der Waals surface area contributed by atoms with Gasteiger partial charge in [0.05, 0.1) is 40.3 Å². The van der Waals surface area contributed by atoms with Crippen molar-refractivity contribution in [2.75, 3.05) is 35.7 Å². The number of β-amino-alcohol motifs (C(OH)–C–C–N with tert-alkyl or cyclic N) is 1. The maximum atomic E-state index is 10.2. The zero-order valence-corrected chi connectivity index (χ0v) is 18.4. The van der Waals surface area contributed by atoms with Gasteiger partial charge in [-0.2, -0.15) is 20.0 Å². The summed E-state index contributed by atoms with van der Waals surface area (Å²) in [6, 6.07) is 7.80. The van der Waals surface area contributed by atoms with E-state index in [0.29, 0.717) is 52.6 Å². The van der Waals surface area contributed by atoms with Gasteiger partial charge in [0.25, 0.3) is 0 Å². The van der Waals surface area contributed by atoms with E-state index in [4.69, 9.17) is 16.3 Å². The van der Waals surface area contributed by atoms with E-state index in [1.165, 1.54) is 10.7 Å². The normalized spacial score (nSPS) is 20.0. The van der Waals surface area contributed by atoms with Crippen LogP contribution < -0.4 is 15.5 Å². The Kier molecular flexibility index (Phi) is 5.38. The number of nitrogens with one attached hydrogen (secondary N) is 2. The van der Waals surface area contributed by atoms with Crippen LogP contribution in [0.4, 0.5) is 23.1 Å². The largest absolute Gasteiger partial charge is 0.388 e. The molecular weight excluding hydrogens is 446 g/mol. The van der Waals surface area contributed by atoms with Gasteiger partial charge in [-0.3, -0.25) is 0 Å². The van der Waals surface area contributed by atoms with Crippen LogP contribution in [0.15, 0.2) is 18.3 Å². The molecule has 0 radical (unpaired) electrons. The van der Waals surface area contributed by atoms with Crippen molar-refractivity contribution in [2.24, 2.45) is 0 Å². The number of aliphatic hydroxyl groups excluding tert-OH is 1. The molecule has 1 saturated heterocycles. The van der Waals surface area contributed by atoms with Crippen molar-refractivity contribution in [3.8, 4) is 12.1 Å². The monoisotopic (exact) mass is 465 g/mol. The number of ether oxygens (including phenoxy) is 1. The number of nitriles is 2. The fourth-order valence-corrected chi connectivity index (χ4v) is 4.10. The maximum Gasteiger partial charge on any atom is 0.247 e. The number of anilines is 4. The molecule has 2 atom stereocenters. The number of halogens is 1. The Morgan fingerprint density at radius 2 is 2.06 bits per heavy atom. The number of nitrogens with zero attached hydrogens (tertiary/aromatic N) is 7. The molecule has 1 aromatic carbocycles. The molecule has 0 bridgehead atoms. The maximum absolute atomic E-state index is 10.2. The topological polar surface area (TPSA) is 147 Å². The summed E-state index contributed by atoms with van der Waals surface area (Å²) in [5, 5.41) is 40.4. The number of methoxy groups -OCH3 is 1. The molecule has 1 saturated carbocycles. The van der Waals surface area contributed by atoms with Crippen molar-refractivity contribution in [2.45, 2.75) is 31.1 Å². The number of hydrogen-bond acceptors (Lipinski definition) is 10. The Labute approximate surface area is 194 Å². The predicted molar refractivity (Wildman–Crippen MR) is 121 cm³/mol. The first-order chi connectivity index (χ1) is 16.0. The van der Waals surface area contributed by atoms with Crippen molar-refractivity contribution in [3.05, 3.63) is 34.6 Å². The molecule has 0 unspecified atom stereocenters. The van der Waals surface area contributed by atoms with Gasteiger partial charge in [-0.15, -0.1) is 5.10 Å². The Bertz CT molecular complexity index is 1310. The quantitative estimate of drug-likeness (QED) is 0.493. The van der Waals surface area contributed by atoms with E-state index >= 15 is 0 Å². The SMILES string of the molecule is CO[C@@H]1CN(c2cc(C#N)cc(Nc3nc(NC4CC4)c4ncc(C#N)n4n3)c2Cl)C[C@H]1O. The van der Waals surface area contributed by atoms with Crippen LogP contribution in [0.1, 0.15) is 24.1 Å². The highest BCUT2D eigenvalue weighted by Gasteiger charge is 2.33. The van der Waals surface area contributed by atoms with Crippen molar-refractivity contribution in [1.82, 2.24) is 19.6 Å². The smallest absolute Gasteiger partial charge is 0.247 e. The number of rotatable bonds is 6. The average molecular weight is 466 g/mol. The summed E-state index contributed by atoms with van der Waals surface area (Å²) in [4.78, 5) is 10.7. The summed E-state index contributed by atoms with van der Waals surface area (Å²) in [6.45, 7) is 0.759. The van der Waals surface area contributed by atoms with Gasteiger partial charge >= 0.3 is 0 Å². The third-order valence-corrected chi connectivity index (χ3v) is 6.10. The molecule has 2 fully saturated rings. The van der Waals surface area contributed by atoms with Gasteiger partial charge in [0, 0.05) is 26.2 Å². The van der Waals surface area contributed by atoms with Crippen LogP contribution in [0, 0.1) is 22.7 Å². The van der Waals surface area contributed by atoms with Gasteiger partial charge in [-0.05, 0) is 25.0 Å². The Morgan fingerprint density at radius 3 is 2.73 bits per heavy atom. The van der Waals surface area contributed by atoms with E-state index in [2.05, 4.69) is 37.8 Å². The fourth-order valence-electron chi connectivity index (χ4n) is 3.83. The van der Waals surface area contributed by atoms with Gasteiger partial charge < -0.3 is 25.4 Å². The van der Waals surface area contributed by atoms with Gasteiger partial charge in [0.1, 0.15) is 12.2 Å². The highest BCUT2D eigenvalue weighted by Crippen LogP contribution is 2.38. The molecule has 5 rings (SSSR count). The molecule has 1 aliphatic heterocycles. The van der Waals surface area contributed by atoms with Gasteiger partial charge in [-0.1, -0.05) is 11.6 Å². The summed E-state index contributed by atoms with van der Waals surface area (Å²) in [7, 11) is 1.55. The second-order valence-corrected chi connectivity index (χ2v) is 8.41. The summed E-state index contributed by atoms with van der Waals surface area (Å²) >= 11 is 6.72. The zero-order chi connectivity index (χ0) is 23.1. The molecule has 12 heteroatoms.